The van der Waals surface area contributed by atoms with Gasteiger partial charge in [-0.15, -0.1) is 0 Å². The zero-order chi connectivity index (χ0) is 29.4. The largest absolute Gasteiger partial charge is 0.292 e. The highest BCUT2D eigenvalue weighted by Gasteiger charge is 2.50. The lowest BCUT2D eigenvalue weighted by Gasteiger charge is -2.35. The highest BCUT2D eigenvalue weighted by Crippen LogP contribution is 2.62. The van der Waals surface area contributed by atoms with E-state index < -0.39 is 5.41 Å². The quantitative estimate of drug-likeness (QED) is 0.176. The molecule has 6 aromatic carbocycles. The van der Waals surface area contributed by atoms with Crippen LogP contribution in [0.3, 0.4) is 0 Å². The molecule has 0 N–H and O–H groups in total. The first-order valence-corrected chi connectivity index (χ1v) is 16.3. The van der Waals surface area contributed by atoms with Gasteiger partial charge in [-0.2, -0.15) is 0 Å². The number of hydrogen-bond donors (Lipinski definition) is 0. The first-order chi connectivity index (χ1) is 21.7. The van der Waals surface area contributed by atoms with E-state index in [2.05, 4.69) is 182 Å². The minimum atomic E-state index is -0.555. The summed E-state index contributed by atoms with van der Waals surface area (Å²) in [6.45, 7) is 0. The van der Waals surface area contributed by atoms with Gasteiger partial charge in [-0.25, -0.2) is 4.98 Å². The normalized spacial score (nSPS) is 13.4. The van der Waals surface area contributed by atoms with Crippen LogP contribution in [-0.4, -0.2) is 9.55 Å². The van der Waals surface area contributed by atoms with Gasteiger partial charge in [0, 0.05) is 31.3 Å². The summed E-state index contributed by atoms with van der Waals surface area (Å²) in [6, 6.07) is 52.5. The van der Waals surface area contributed by atoms with E-state index >= 15 is 0 Å². The average molecular weight is 692 g/mol. The van der Waals surface area contributed by atoms with Gasteiger partial charge in [0.1, 0.15) is 5.82 Å². The van der Waals surface area contributed by atoms with Crippen molar-refractivity contribution in [2.75, 3.05) is 0 Å². The van der Waals surface area contributed by atoms with Crippen molar-refractivity contribution in [1.82, 2.24) is 9.55 Å². The van der Waals surface area contributed by atoms with Gasteiger partial charge < -0.3 is 0 Å². The molecule has 1 aromatic heterocycles. The van der Waals surface area contributed by atoms with E-state index in [0.29, 0.717) is 0 Å². The second kappa shape index (κ2) is 9.75. The van der Waals surface area contributed by atoms with Crippen molar-refractivity contribution in [2.24, 2.45) is 0 Å². The molecule has 0 saturated heterocycles. The number of rotatable bonds is 2. The fourth-order valence-corrected chi connectivity index (χ4v) is 8.21. The van der Waals surface area contributed by atoms with Crippen LogP contribution in [0.15, 0.2) is 155 Å². The molecule has 44 heavy (non-hydrogen) atoms. The van der Waals surface area contributed by atoms with Crippen LogP contribution in [0, 0.1) is 0 Å². The van der Waals surface area contributed by atoms with Crippen molar-refractivity contribution in [3.8, 4) is 50.7 Å². The summed E-state index contributed by atoms with van der Waals surface area (Å²) in [6.07, 6.45) is 0. The van der Waals surface area contributed by atoms with Gasteiger partial charge in [0.25, 0.3) is 0 Å². The van der Waals surface area contributed by atoms with E-state index in [1.807, 2.05) is 0 Å². The zero-order valence-electron chi connectivity index (χ0n) is 23.5. The maximum Gasteiger partial charge on any atom is 0.145 e. The molecule has 9 rings (SSSR count). The molecule has 7 aromatic rings. The van der Waals surface area contributed by atoms with Crippen molar-refractivity contribution in [3.63, 3.8) is 0 Å². The molecule has 2 aliphatic rings. The number of nitrogens with zero attached hydrogens (tertiary/aromatic N) is 2. The fourth-order valence-electron chi connectivity index (χ4n) is 7.49. The summed E-state index contributed by atoms with van der Waals surface area (Å²) in [5.74, 6) is 0.924. The van der Waals surface area contributed by atoms with Crippen molar-refractivity contribution in [1.29, 1.82) is 0 Å². The molecule has 1 spiro atoms. The van der Waals surface area contributed by atoms with Gasteiger partial charge >= 0.3 is 0 Å². The molecule has 0 aliphatic heterocycles. The maximum absolute atomic E-state index is 5.55. The Labute approximate surface area is 273 Å². The Morgan fingerprint density at radius 2 is 1.00 bits per heavy atom. The van der Waals surface area contributed by atoms with Crippen molar-refractivity contribution >= 4 is 31.9 Å². The number of para-hydroxylation sites is 1. The molecule has 4 heteroatoms. The first-order valence-electron chi connectivity index (χ1n) is 14.7. The van der Waals surface area contributed by atoms with Crippen LogP contribution in [0.5, 0.6) is 0 Å². The van der Waals surface area contributed by atoms with E-state index in [1.54, 1.807) is 0 Å². The van der Waals surface area contributed by atoms with Crippen molar-refractivity contribution in [3.05, 3.63) is 177 Å². The molecule has 2 aliphatic carbocycles. The van der Waals surface area contributed by atoms with E-state index in [1.165, 1.54) is 38.9 Å². The van der Waals surface area contributed by atoms with Crippen LogP contribution in [0.4, 0.5) is 0 Å². The van der Waals surface area contributed by atoms with E-state index in [-0.39, 0.29) is 0 Å². The van der Waals surface area contributed by atoms with Crippen LogP contribution in [0.1, 0.15) is 22.3 Å². The lowest BCUT2D eigenvalue weighted by atomic mass is 9.66. The lowest BCUT2D eigenvalue weighted by molar-refractivity contribution is 0.772. The molecule has 0 unspecified atom stereocenters. The molecule has 0 saturated carbocycles. The third-order valence-electron chi connectivity index (χ3n) is 9.16. The highest BCUT2D eigenvalue weighted by atomic mass is 79.9. The Kier molecular flexibility index (Phi) is 5.75. The SMILES string of the molecule is Brc1ccc2c(c1)C1(c3ccccc3-c3ccccc31)c1cc(Br)ccc1-c1c-2nc(-c2ccccc2)n1-c1ccccc1. The topological polar surface area (TPSA) is 17.8 Å². The van der Waals surface area contributed by atoms with Crippen LogP contribution in [0.2, 0.25) is 0 Å². The minimum absolute atomic E-state index is 0.555. The second-order valence-corrected chi connectivity index (χ2v) is 13.2. The van der Waals surface area contributed by atoms with Gasteiger partial charge in [-0.3, -0.25) is 4.57 Å². The zero-order valence-corrected chi connectivity index (χ0v) is 26.7. The summed E-state index contributed by atoms with van der Waals surface area (Å²) >= 11 is 7.77. The minimum Gasteiger partial charge on any atom is -0.292 e. The summed E-state index contributed by atoms with van der Waals surface area (Å²) < 4.78 is 4.45. The number of aromatic nitrogens is 2. The standard InChI is InChI=1S/C40H24Br2N2/c41-26-19-21-31-35(23-26)40(33-17-9-7-15-29(33)30-16-8-10-18-34(30)40)36-24-27(42)20-22-32(36)38-37(31)43-39(25-11-3-1-4-12-25)44(38)28-13-5-2-6-14-28/h1-24H. The van der Waals surface area contributed by atoms with E-state index in [9.17, 15) is 0 Å². The molecular formula is C40H24Br2N2. The molecule has 1 heterocycles. The number of imidazole rings is 1. The molecule has 0 amide bonds. The van der Waals surface area contributed by atoms with Gasteiger partial charge in [-0.05, 0) is 69.8 Å². The third kappa shape index (κ3) is 3.50. The maximum atomic E-state index is 5.55. The molecule has 0 atom stereocenters. The Morgan fingerprint density at radius 3 is 1.64 bits per heavy atom. The summed E-state index contributed by atoms with van der Waals surface area (Å²) in [4.78, 5) is 5.55. The Hall–Kier alpha value is -4.51. The molecular weight excluding hydrogens is 668 g/mol. The van der Waals surface area contributed by atoms with Crippen LogP contribution in [-0.2, 0) is 5.41 Å². The second-order valence-electron chi connectivity index (χ2n) is 11.4. The molecule has 2 nitrogen and oxygen atoms in total. The van der Waals surface area contributed by atoms with Crippen LogP contribution >= 0.6 is 31.9 Å². The van der Waals surface area contributed by atoms with Crippen molar-refractivity contribution < 1.29 is 0 Å². The molecule has 0 radical (unpaired) electrons. The summed E-state index contributed by atoms with van der Waals surface area (Å²) in [5.41, 5.74) is 13.6. The predicted molar refractivity (Wildman–Crippen MR) is 186 cm³/mol. The number of hydrogen-bond acceptors (Lipinski definition) is 1. The van der Waals surface area contributed by atoms with Gasteiger partial charge in [0.15, 0.2) is 0 Å². The van der Waals surface area contributed by atoms with E-state index in [0.717, 1.165) is 43.0 Å². The first kappa shape index (κ1) is 25.9. The Balaban J connectivity index is 1.52. The molecule has 0 fully saturated rings. The van der Waals surface area contributed by atoms with Crippen LogP contribution in [0.25, 0.3) is 50.7 Å². The fraction of sp³-hybridized carbons (Fsp3) is 0.0250. The van der Waals surface area contributed by atoms with Crippen LogP contribution < -0.4 is 0 Å². The monoisotopic (exact) mass is 690 g/mol. The van der Waals surface area contributed by atoms with Crippen molar-refractivity contribution in [2.45, 2.75) is 5.41 Å². The molecule has 208 valence electrons. The Bertz CT molecular complexity index is 2200. The van der Waals surface area contributed by atoms with E-state index in [4.69, 9.17) is 4.98 Å². The smallest absolute Gasteiger partial charge is 0.145 e. The Morgan fingerprint density at radius 1 is 0.477 bits per heavy atom. The number of fused-ring (bicyclic) bond motifs is 12. The average Bonchev–Trinajstić information content (AvgIpc) is 3.58. The number of halogens is 2. The summed E-state index contributed by atoms with van der Waals surface area (Å²) in [5, 5.41) is 0. The van der Waals surface area contributed by atoms with Gasteiger partial charge in [-0.1, -0.05) is 141 Å². The third-order valence-corrected chi connectivity index (χ3v) is 10.1. The molecule has 0 bridgehead atoms. The lowest BCUT2D eigenvalue weighted by Crippen LogP contribution is -2.29. The number of benzene rings is 6. The van der Waals surface area contributed by atoms with Gasteiger partial charge in [0.05, 0.1) is 16.8 Å². The highest BCUT2D eigenvalue weighted by molar-refractivity contribution is 9.10. The predicted octanol–water partition coefficient (Wildman–Crippen LogP) is 11.1. The summed E-state index contributed by atoms with van der Waals surface area (Å²) in [7, 11) is 0. The van der Waals surface area contributed by atoms with Gasteiger partial charge in [0.2, 0.25) is 0 Å².